The highest BCUT2D eigenvalue weighted by molar-refractivity contribution is 6.33. The summed E-state index contributed by atoms with van der Waals surface area (Å²) in [6, 6.07) is 11.7. The zero-order valence-electron chi connectivity index (χ0n) is 12.3. The predicted molar refractivity (Wildman–Crippen MR) is 86.9 cm³/mol. The van der Waals surface area contributed by atoms with Gasteiger partial charge < -0.3 is 10.4 Å². The minimum absolute atomic E-state index is 0.000881. The fraction of sp³-hybridized carbons (Fsp3) is 0.176. The lowest BCUT2D eigenvalue weighted by Gasteiger charge is -2.09. The number of carboxylic acids is 1. The van der Waals surface area contributed by atoms with Crippen molar-refractivity contribution in [3.8, 4) is 0 Å². The normalized spacial score (nSPS) is 10.5. The first-order valence-corrected chi connectivity index (χ1v) is 7.20. The second-order valence-electron chi connectivity index (χ2n) is 5.23. The number of hydrogen-bond donors (Lipinski definition) is 2. The van der Waals surface area contributed by atoms with E-state index in [1.165, 1.54) is 18.2 Å². The molecule has 0 saturated carbocycles. The van der Waals surface area contributed by atoms with E-state index in [1.54, 1.807) is 12.1 Å². The number of benzene rings is 2. The Hall–Kier alpha value is -2.33. The van der Waals surface area contributed by atoms with Crippen LogP contribution in [0.25, 0.3) is 0 Å². The van der Waals surface area contributed by atoms with Crippen molar-refractivity contribution in [2.24, 2.45) is 0 Å². The summed E-state index contributed by atoms with van der Waals surface area (Å²) in [5, 5.41) is 11.7. The molecule has 0 heterocycles. The van der Waals surface area contributed by atoms with Crippen LogP contribution in [-0.4, -0.2) is 17.0 Å². The third-order valence-corrected chi connectivity index (χ3v) is 3.61. The van der Waals surface area contributed by atoms with E-state index in [-0.39, 0.29) is 16.5 Å². The van der Waals surface area contributed by atoms with Crippen molar-refractivity contribution >= 4 is 29.2 Å². The Morgan fingerprint density at radius 2 is 1.73 bits per heavy atom. The van der Waals surface area contributed by atoms with Crippen LogP contribution in [0.15, 0.2) is 42.5 Å². The van der Waals surface area contributed by atoms with E-state index in [4.69, 9.17) is 16.7 Å². The van der Waals surface area contributed by atoms with Gasteiger partial charge >= 0.3 is 5.97 Å². The number of carboxylic acid groups (broad SMARTS) is 1. The number of halogens is 1. The second-order valence-corrected chi connectivity index (χ2v) is 5.64. The number of carbonyl (C=O) groups is 2. The van der Waals surface area contributed by atoms with Gasteiger partial charge in [-0.1, -0.05) is 37.6 Å². The Bertz CT molecular complexity index is 708. The van der Waals surface area contributed by atoms with E-state index < -0.39 is 5.97 Å². The minimum atomic E-state index is -1.10. The number of hydrogen-bond acceptors (Lipinski definition) is 2. The number of amides is 1. The molecule has 0 bridgehead atoms. The lowest BCUT2D eigenvalue weighted by atomic mass is 10.0. The molecule has 114 valence electrons. The highest BCUT2D eigenvalue weighted by Crippen LogP contribution is 2.22. The molecule has 0 radical (unpaired) electrons. The molecule has 0 aromatic heterocycles. The van der Waals surface area contributed by atoms with Gasteiger partial charge in [-0.15, -0.1) is 0 Å². The van der Waals surface area contributed by atoms with Gasteiger partial charge in [-0.25, -0.2) is 4.79 Å². The summed E-state index contributed by atoms with van der Waals surface area (Å²) in [7, 11) is 0. The first kappa shape index (κ1) is 16.0. The van der Waals surface area contributed by atoms with Crippen molar-refractivity contribution in [1.29, 1.82) is 0 Å². The van der Waals surface area contributed by atoms with Gasteiger partial charge in [0.1, 0.15) is 0 Å². The summed E-state index contributed by atoms with van der Waals surface area (Å²) >= 11 is 5.88. The highest BCUT2D eigenvalue weighted by Gasteiger charge is 2.11. The Balaban J connectivity index is 2.15. The van der Waals surface area contributed by atoms with Crippen molar-refractivity contribution < 1.29 is 14.7 Å². The smallest absolute Gasteiger partial charge is 0.337 e. The summed E-state index contributed by atoms with van der Waals surface area (Å²) in [6.07, 6.45) is 0. The van der Waals surface area contributed by atoms with Crippen LogP contribution in [-0.2, 0) is 0 Å². The third kappa shape index (κ3) is 3.65. The van der Waals surface area contributed by atoms with Crippen molar-refractivity contribution in [3.63, 3.8) is 0 Å². The molecule has 2 rings (SSSR count). The number of anilines is 1. The van der Waals surface area contributed by atoms with Crippen LogP contribution in [0.2, 0.25) is 5.02 Å². The van der Waals surface area contributed by atoms with Crippen molar-refractivity contribution in [2.45, 2.75) is 19.8 Å². The standard InChI is InChI=1S/C17H16ClNO3/c1-10(2)11-3-5-12(6-4-11)16(20)19-13-7-8-14(17(21)22)15(18)9-13/h3-10H,1-2H3,(H,19,20)(H,21,22). The minimum Gasteiger partial charge on any atom is -0.478 e. The first-order chi connectivity index (χ1) is 10.4. The Kier molecular flexibility index (Phi) is 4.83. The fourth-order valence-corrected chi connectivity index (χ4v) is 2.25. The van der Waals surface area contributed by atoms with Gasteiger partial charge in [0.25, 0.3) is 5.91 Å². The van der Waals surface area contributed by atoms with Crippen molar-refractivity contribution in [3.05, 3.63) is 64.2 Å². The summed E-state index contributed by atoms with van der Waals surface area (Å²) in [5.41, 5.74) is 2.14. The highest BCUT2D eigenvalue weighted by atomic mass is 35.5. The van der Waals surface area contributed by atoms with Gasteiger partial charge in [0.15, 0.2) is 0 Å². The maximum atomic E-state index is 12.2. The van der Waals surface area contributed by atoms with Crippen LogP contribution in [0.5, 0.6) is 0 Å². The maximum Gasteiger partial charge on any atom is 0.337 e. The van der Waals surface area contributed by atoms with E-state index in [2.05, 4.69) is 19.2 Å². The SMILES string of the molecule is CC(C)c1ccc(C(=O)Nc2ccc(C(=O)O)c(Cl)c2)cc1. The molecule has 2 N–H and O–H groups in total. The molecule has 0 unspecified atom stereocenters. The van der Waals surface area contributed by atoms with Crippen molar-refractivity contribution in [1.82, 2.24) is 0 Å². The van der Waals surface area contributed by atoms with Gasteiger partial charge in [-0.05, 0) is 41.8 Å². The number of carbonyl (C=O) groups excluding carboxylic acids is 1. The number of aromatic carboxylic acids is 1. The molecule has 0 aliphatic heterocycles. The Morgan fingerprint density at radius 3 is 2.23 bits per heavy atom. The molecule has 2 aromatic rings. The average Bonchev–Trinajstić information content (AvgIpc) is 2.47. The number of rotatable bonds is 4. The molecule has 1 amide bonds. The molecule has 0 fully saturated rings. The molecule has 0 aliphatic carbocycles. The van der Waals surface area contributed by atoms with E-state index in [0.717, 1.165) is 5.56 Å². The molecule has 22 heavy (non-hydrogen) atoms. The lowest BCUT2D eigenvalue weighted by molar-refractivity contribution is 0.0697. The number of nitrogens with one attached hydrogen (secondary N) is 1. The largest absolute Gasteiger partial charge is 0.478 e. The van der Waals surface area contributed by atoms with Crippen LogP contribution in [0.1, 0.15) is 46.0 Å². The van der Waals surface area contributed by atoms with Gasteiger partial charge in [-0.3, -0.25) is 4.79 Å². The average molecular weight is 318 g/mol. The zero-order chi connectivity index (χ0) is 16.3. The summed E-state index contributed by atoms with van der Waals surface area (Å²) in [4.78, 5) is 23.0. The molecular weight excluding hydrogens is 302 g/mol. The van der Waals surface area contributed by atoms with Crippen LogP contribution < -0.4 is 5.32 Å². The lowest BCUT2D eigenvalue weighted by Crippen LogP contribution is -2.12. The van der Waals surface area contributed by atoms with Crippen molar-refractivity contribution in [2.75, 3.05) is 5.32 Å². The molecule has 4 nitrogen and oxygen atoms in total. The molecule has 2 aromatic carbocycles. The summed E-state index contributed by atoms with van der Waals surface area (Å²) in [6.45, 7) is 4.17. The molecule has 0 spiro atoms. The second kappa shape index (κ2) is 6.62. The summed E-state index contributed by atoms with van der Waals surface area (Å²) < 4.78 is 0. The van der Waals surface area contributed by atoms with Gasteiger partial charge in [0, 0.05) is 11.3 Å². The van der Waals surface area contributed by atoms with Gasteiger partial charge in [0.2, 0.25) is 0 Å². The topological polar surface area (TPSA) is 66.4 Å². The van der Waals surface area contributed by atoms with E-state index in [1.807, 2.05) is 12.1 Å². The molecule has 0 aliphatic rings. The Morgan fingerprint density at radius 1 is 1.09 bits per heavy atom. The van der Waals surface area contributed by atoms with E-state index in [0.29, 0.717) is 17.2 Å². The Labute approximate surface area is 133 Å². The van der Waals surface area contributed by atoms with E-state index in [9.17, 15) is 9.59 Å². The molecule has 0 saturated heterocycles. The van der Waals surface area contributed by atoms with Gasteiger partial charge in [0.05, 0.1) is 10.6 Å². The molecule has 5 heteroatoms. The monoisotopic (exact) mass is 317 g/mol. The zero-order valence-corrected chi connectivity index (χ0v) is 13.0. The molecule has 0 atom stereocenters. The molecular formula is C17H16ClNO3. The maximum absolute atomic E-state index is 12.2. The van der Waals surface area contributed by atoms with Crippen LogP contribution in [0.4, 0.5) is 5.69 Å². The quantitative estimate of drug-likeness (QED) is 0.877. The fourth-order valence-electron chi connectivity index (χ4n) is 1.99. The predicted octanol–water partition coefficient (Wildman–Crippen LogP) is 4.41. The summed E-state index contributed by atoms with van der Waals surface area (Å²) in [5.74, 6) is -0.971. The van der Waals surface area contributed by atoms with Crippen LogP contribution in [0.3, 0.4) is 0 Å². The van der Waals surface area contributed by atoms with E-state index >= 15 is 0 Å². The van der Waals surface area contributed by atoms with Gasteiger partial charge in [-0.2, -0.15) is 0 Å². The van der Waals surface area contributed by atoms with Crippen LogP contribution in [0, 0.1) is 0 Å². The van der Waals surface area contributed by atoms with Crippen LogP contribution >= 0.6 is 11.6 Å². The first-order valence-electron chi connectivity index (χ1n) is 6.82. The third-order valence-electron chi connectivity index (χ3n) is 3.30.